The highest BCUT2D eigenvalue weighted by Gasteiger charge is 2.50. The van der Waals surface area contributed by atoms with Gasteiger partial charge in [0.15, 0.2) is 6.29 Å². The van der Waals surface area contributed by atoms with Gasteiger partial charge < -0.3 is 62.5 Å². The Kier molecular flexibility index (Phi) is 11.0. The van der Waals surface area contributed by atoms with Gasteiger partial charge in [-0.2, -0.15) is 8.42 Å². The molecule has 2 fully saturated rings. The first kappa shape index (κ1) is 31.2. The van der Waals surface area contributed by atoms with E-state index in [1.54, 1.807) is 20.0 Å². The number of hydrogen-bond acceptors (Lipinski definition) is 14. The summed E-state index contributed by atoms with van der Waals surface area (Å²) in [4.78, 5) is 0. The van der Waals surface area contributed by atoms with Crippen LogP contribution < -0.4 is 28.3 Å². The number of nitrogens with two attached hydrogens (primary N) is 4. The van der Waals surface area contributed by atoms with Crippen LogP contribution in [0.15, 0.2) is 11.8 Å². The highest BCUT2D eigenvalue weighted by Crippen LogP contribution is 2.31. The van der Waals surface area contributed by atoms with Crippen LogP contribution >= 0.6 is 0 Å². The van der Waals surface area contributed by atoms with E-state index in [0.717, 1.165) is 0 Å². The largest absolute Gasteiger partial charge is 0.467 e. The van der Waals surface area contributed by atoms with Gasteiger partial charge in [-0.15, -0.1) is 0 Å². The fourth-order valence-corrected chi connectivity index (χ4v) is 4.44. The molecule has 17 heteroatoms. The standard InChI is InChI=1S/C19H37N5O7.H2O4S/c1-19(27)7-28-18(13(26)16(19)24-2)31-15-11(23)5-10(22)14(12(15)25)30-17-9(21)4-3-8(6-20)29-17;1-5(2,3)4/h3,9-18,24-27H,4-7,20-23H2,1-2H3;(H2,1,2,3,4)/t9?,10-,11+,12+,13-,14+,15?,16+,17?,18+,19-;/m1./s1. The minimum absolute atomic E-state index is 0.0727. The molecule has 0 aromatic rings. The summed E-state index contributed by atoms with van der Waals surface area (Å²) in [7, 11) is -3.05. The predicted octanol–water partition coefficient (Wildman–Crippen LogP) is -4.50. The van der Waals surface area contributed by atoms with Gasteiger partial charge in [-0.25, -0.2) is 0 Å². The number of ether oxygens (including phenoxy) is 4. The molecule has 0 amide bonds. The summed E-state index contributed by atoms with van der Waals surface area (Å²) >= 11 is 0. The van der Waals surface area contributed by atoms with Crippen molar-refractivity contribution in [3.05, 3.63) is 11.8 Å². The molecule has 3 aliphatic rings. The second kappa shape index (κ2) is 12.7. The molecular weight excluding hydrogens is 506 g/mol. The molecule has 1 aliphatic carbocycles. The van der Waals surface area contributed by atoms with Crippen LogP contribution in [-0.2, 0) is 29.3 Å². The summed E-state index contributed by atoms with van der Waals surface area (Å²) < 4.78 is 54.6. The Hall–Kier alpha value is -1.03. The van der Waals surface area contributed by atoms with E-state index in [0.29, 0.717) is 18.6 Å². The van der Waals surface area contributed by atoms with Gasteiger partial charge in [0.1, 0.15) is 35.8 Å². The summed E-state index contributed by atoms with van der Waals surface area (Å²) in [5.41, 5.74) is 22.9. The Bertz CT molecular complexity index is 840. The summed E-state index contributed by atoms with van der Waals surface area (Å²) in [5, 5.41) is 34.9. The maximum atomic E-state index is 11.0. The molecule has 0 aromatic heterocycles. The maximum Gasteiger partial charge on any atom is 0.394 e. The second-order valence-corrected chi connectivity index (χ2v) is 10.2. The van der Waals surface area contributed by atoms with E-state index < -0.39 is 77.2 Å². The van der Waals surface area contributed by atoms with Crippen LogP contribution in [0.25, 0.3) is 0 Å². The molecular formula is C19H39N5O11S. The molecule has 2 aliphatic heterocycles. The van der Waals surface area contributed by atoms with E-state index in [2.05, 4.69) is 5.32 Å². The molecule has 0 spiro atoms. The fraction of sp³-hybridized carbons (Fsp3) is 0.895. The van der Waals surface area contributed by atoms with Crippen molar-refractivity contribution in [3.8, 4) is 0 Å². The molecule has 2 heterocycles. The maximum absolute atomic E-state index is 11.0. The average Bonchev–Trinajstić information content (AvgIpc) is 2.75. The van der Waals surface area contributed by atoms with Crippen LogP contribution in [0.2, 0.25) is 0 Å². The van der Waals surface area contributed by atoms with Gasteiger partial charge in [-0.3, -0.25) is 9.11 Å². The van der Waals surface area contributed by atoms with Crippen molar-refractivity contribution in [2.24, 2.45) is 22.9 Å². The molecule has 212 valence electrons. The number of rotatable bonds is 6. The molecule has 1 saturated heterocycles. The smallest absolute Gasteiger partial charge is 0.394 e. The lowest BCUT2D eigenvalue weighted by atomic mass is 9.84. The summed E-state index contributed by atoms with van der Waals surface area (Å²) in [6, 6.07) is -2.37. The quantitative estimate of drug-likeness (QED) is 0.141. The topological polar surface area (TPSA) is 288 Å². The minimum Gasteiger partial charge on any atom is -0.467 e. The van der Waals surface area contributed by atoms with E-state index in [-0.39, 0.29) is 13.2 Å². The normalized spacial score (nSPS) is 43.6. The third-order valence-electron chi connectivity index (χ3n) is 6.22. The zero-order valence-electron chi connectivity index (χ0n) is 20.1. The van der Waals surface area contributed by atoms with Crippen molar-refractivity contribution in [2.75, 3.05) is 20.2 Å². The van der Waals surface area contributed by atoms with Crippen LogP contribution in [0, 0.1) is 0 Å². The highest BCUT2D eigenvalue weighted by molar-refractivity contribution is 7.79. The monoisotopic (exact) mass is 545 g/mol. The number of likely N-dealkylation sites (N-methyl/N-ethyl adjacent to an activating group) is 1. The Labute approximate surface area is 209 Å². The molecule has 0 radical (unpaired) electrons. The summed E-state index contributed by atoms with van der Waals surface area (Å²) in [6.45, 7) is 1.68. The second-order valence-electron chi connectivity index (χ2n) is 9.26. The summed E-state index contributed by atoms with van der Waals surface area (Å²) in [5.74, 6) is 0.555. The van der Waals surface area contributed by atoms with E-state index in [4.69, 9.17) is 59.4 Å². The van der Waals surface area contributed by atoms with Gasteiger partial charge in [0.05, 0.1) is 25.2 Å². The lowest BCUT2D eigenvalue weighted by molar-refractivity contribution is -0.303. The van der Waals surface area contributed by atoms with Gasteiger partial charge in [0.25, 0.3) is 0 Å². The first-order valence-corrected chi connectivity index (χ1v) is 12.7. The number of hydrogen-bond donors (Lipinski definition) is 10. The van der Waals surface area contributed by atoms with Crippen LogP contribution in [-0.4, -0.2) is 120 Å². The van der Waals surface area contributed by atoms with E-state index in [9.17, 15) is 15.3 Å². The first-order valence-electron chi connectivity index (χ1n) is 11.3. The highest BCUT2D eigenvalue weighted by atomic mass is 32.3. The lowest BCUT2D eigenvalue weighted by Crippen LogP contribution is -2.68. The van der Waals surface area contributed by atoms with Crippen LogP contribution in [0.1, 0.15) is 19.8 Å². The van der Waals surface area contributed by atoms with Crippen molar-refractivity contribution in [3.63, 3.8) is 0 Å². The fourth-order valence-electron chi connectivity index (χ4n) is 4.44. The van der Waals surface area contributed by atoms with Crippen molar-refractivity contribution in [1.29, 1.82) is 0 Å². The molecule has 0 aromatic carbocycles. The Morgan fingerprint density at radius 1 is 1.08 bits per heavy atom. The Morgan fingerprint density at radius 3 is 2.11 bits per heavy atom. The van der Waals surface area contributed by atoms with Gasteiger partial charge in [0.2, 0.25) is 6.29 Å². The average molecular weight is 546 g/mol. The van der Waals surface area contributed by atoms with Gasteiger partial charge in [-0.05, 0) is 32.9 Å². The molecule has 0 bridgehead atoms. The molecule has 16 nitrogen and oxygen atoms in total. The molecule has 3 unspecified atom stereocenters. The van der Waals surface area contributed by atoms with E-state index in [1.165, 1.54) is 0 Å². The van der Waals surface area contributed by atoms with Crippen LogP contribution in [0.5, 0.6) is 0 Å². The third kappa shape index (κ3) is 8.23. The molecule has 1 saturated carbocycles. The lowest BCUT2D eigenvalue weighted by Gasteiger charge is -2.48. The molecule has 36 heavy (non-hydrogen) atoms. The third-order valence-corrected chi connectivity index (χ3v) is 6.22. The zero-order valence-corrected chi connectivity index (χ0v) is 20.9. The number of aliphatic hydroxyl groups is 3. The molecule has 3 rings (SSSR count). The van der Waals surface area contributed by atoms with Gasteiger partial charge >= 0.3 is 10.4 Å². The number of nitrogens with one attached hydrogen (secondary N) is 1. The van der Waals surface area contributed by atoms with Gasteiger partial charge in [-0.1, -0.05) is 0 Å². The first-order chi connectivity index (χ1) is 16.6. The van der Waals surface area contributed by atoms with Crippen molar-refractivity contribution < 1.29 is 51.8 Å². The minimum atomic E-state index is -4.67. The Morgan fingerprint density at radius 2 is 1.61 bits per heavy atom. The van der Waals surface area contributed by atoms with Crippen molar-refractivity contribution in [1.82, 2.24) is 5.32 Å². The van der Waals surface area contributed by atoms with Crippen molar-refractivity contribution >= 4 is 10.4 Å². The van der Waals surface area contributed by atoms with E-state index in [1.807, 2.05) is 0 Å². The van der Waals surface area contributed by atoms with Gasteiger partial charge in [0, 0.05) is 12.1 Å². The Balaban J connectivity index is 0.000000830. The van der Waals surface area contributed by atoms with Crippen molar-refractivity contribution in [2.45, 2.75) is 86.5 Å². The summed E-state index contributed by atoms with van der Waals surface area (Å²) in [6.07, 6.45) is -3.56. The predicted molar refractivity (Wildman–Crippen MR) is 124 cm³/mol. The SMILES string of the molecule is CN[C@H]1[C@@H](O)[C@H](OC2[C@@H](O)[C@@H](OC3OC(CN)=CCC3N)[C@H](N)C[C@@H]2N)OC[C@@]1(C)O.O=S(=O)(O)O. The van der Waals surface area contributed by atoms with Crippen LogP contribution in [0.4, 0.5) is 0 Å². The van der Waals surface area contributed by atoms with Crippen LogP contribution in [0.3, 0.4) is 0 Å². The molecule has 11 atom stereocenters. The zero-order chi connectivity index (χ0) is 27.4. The number of aliphatic hydroxyl groups excluding tert-OH is 2. The van der Waals surface area contributed by atoms with E-state index >= 15 is 0 Å². The molecule has 14 N–H and O–H groups in total.